The minimum absolute atomic E-state index is 0.0250. The number of benzene rings is 2. The minimum Gasteiger partial charge on any atom is -0.497 e. The van der Waals surface area contributed by atoms with Gasteiger partial charge in [0, 0.05) is 54.3 Å². The van der Waals surface area contributed by atoms with Gasteiger partial charge in [-0.3, -0.25) is 9.78 Å². The second-order valence-corrected chi connectivity index (χ2v) is 7.24. The second kappa shape index (κ2) is 9.27. The number of carbonyl (C=O) groups is 1. The first-order valence-corrected chi connectivity index (χ1v) is 10.1. The Balaban J connectivity index is 1.53. The molecule has 2 aromatic heterocycles. The molecule has 1 atom stereocenters. The number of fused-ring (bicyclic) bond motifs is 1. The molecule has 152 valence electrons. The van der Waals surface area contributed by atoms with Gasteiger partial charge in [-0.1, -0.05) is 36.4 Å². The Kier molecular flexibility index (Phi) is 6.09. The zero-order valence-corrected chi connectivity index (χ0v) is 17.0. The topological polar surface area (TPSA) is 67.0 Å². The molecule has 2 aromatic carbocycles. The summed E-state index contributed by atoms with van der Waals surface area (Å²) in [4.78, 5) is 20.4. The molecular formula is C25H25N3O2. The lowest BCUT2D eigenvalue weighted by atomic mass is 9.88. The molecule has 0 radical (unpaired) electrons. The van der Waals surface area contributed by atoms with Crippen LogP contribution in [0.5, 0.6) is 5.75 Å². The third-order valence-corrected chi connectivity index (χ3v) is 5.33. The number of aromatic amines is 1. The Labute approximate surface area is 176 Å². The molecule has 30 heavy (non-hydrogen) atoms. The van der Waals surface area contributed by atoms with E-state index < -0.39 is 0 Å². The van der Waals surface area contributed by atoms with Gasteiger partial charge in [-0.2, -0.15) is 0 Å². The van der Waals surface area contributed by atoms with E-state index in [0.29, 0.717) is 19.4 Å². The molecule has 0 aliphatic rings. The first kappa shape index (κ1) is 19.7. The van der Waals surface area contributed by atoms with Crippen molar-refractivity contribution in [2.24, 2.45) is 0 Å². The van der Waals surface area contributed by atoms with Crippen molar-refractivity contribution in [1.82, 2.24) is 15.3 Å². The number of methoxy groups -OCH3 is 1. The summed E-state index contributed by atoms with van der Waals surface area (Å²) >= 11 is 0. The molecule has 0 aliphatic heterocycles. The largest absolute Gasteiger partial charge is 0.497 e. The average molecular weight is 399 g/mol. The predicted molar refractivity (Wildman–Crippen MR) is 119 cm³/mol. The highest BCUT2D eigenvalue weighted by Gasteiger charge is 2.21. The molecule has 0 spiro atoms. The first-order chi connectivity index (χ1) is 14.7. The third-order valence-electron chi connectivity index (χ3n) is 5.33. The van der Waals surface area contributed by atoms with Gasteiger partial charge in [0.1, 0.15) is 5.75 Å². The molecule has 1 unspecified atom stereocenters. The average Bonchev–Trinajstić information content (AvgIpc) is 3.22. The second-order valence-electron chi connectivity index (χ2n) is 7.24. The Morgan fingerprint density at radius 3 is 2.63 bits per heavy atom. The van der Waals surface area contributed by atoms with E-state index >= 15 is 0 Å². The van der Waals surface area contributed by atoms with Crippen LogP contribution < -0.4 is 10.1 Å². The van der Waals surface area contributed by atoms with Gasteiger partial charge < -0.3 is 15.0 Å². The number of hydrogen-bond donors (Lipinski definition) is 2. The molecule has 4 rings (SSSR count). The number of rotatable bonds is 8. The SMILES string of the molecule is COc1ccc(C(CC(=O)NCCc2ccccn2)c2c[nH]c3ccccc23)cc1. The summed E-state index contributed by atoms with van der Waals surface area (Å²) in [7, 11) is 1.65. The van der Waals surface area contributed by atoms with E-state index in [0.717, 1.165) is 33.5 Å². The van der Waals surface area contributed by atoms with E-state index in [1.54, 1.807) is 13.3 Å². The molecule has 0 saturated carbocycles. The van der Waals surface area contributed by atoms with Crippen molar-refractivity contribution in [1.29, 1.82) is 0 Å². The Morgan fingerprint density at radius 1 is 1.07 bits per heavy atom. The van der Waals surface area contributed by atoms with E-state index in [-0.39, 0.29) is 11.8 Å². The van der Waals surface area contributed by atoms with Crippen LogP contribution >= 0.6 is 0 Å². The molecule has 0 saturated heterocycles. The zero-order chi connectivity index (χ0) is 20.8. The molecule has 0 bridgehead atoms. The standard InChI is InChI=1S/C25H25N3O2/c1-30-20-11-9-18(10-12-20)22(23-17-28-24-8-3-2-7-21(23)24)16-25(29)27-15-13-19-6-4-5-14-26-19/h2-12,14,17,22,28H,13,15-16H2,1H3,(H,27,29). The molecule has 4 aromatic rings. The van der Waals surface area contributed by atoms with Crippen LogP contribution in [0, 0.1) is 0 Å². The number of carbonyl (C=O) groups excluding carboxylic acids is 1. The van der Waals surface area contributed by atoms with Crippen molar-refractivity contribution in [3.05, 3.63) is 95.9 Å². The fourth-order valence-electron chi connectivity index (χ4n) is 3.76. The van der Waals surface area contributed by atoms with Gasteiger partial charge in [0.05, 0.1) is 7.11 Å². The summed E-state index contributed by atoms with van der Waals surface area (Å²) in [6.45, 7) is 0.569. The Bertz CT molecular complexity index is 1100. The zero-order valence-electron chi connectivity index (χ0n) is 17.0. The molecule has 0 fully saturated rings. The molecule has 2 heterocycles. The number of nitrogens with zero attached hydrogens (tertiary/aromatic N) is 1. The smallest absolute Gasteiger partial charge is 0.220 e. The number of hydrogen-bond acceptors (Lipinski definition) is 3. The van der Waals surface area contributed by atoms with E-state index in [2.05, 4.69) is 27.4 Å². The highest BCUT2D eigenvalue weighted by molar-refractivity contribution is 5.86. The molecule has 5 nitrogen and oxygen atoms in total. The maximum Gasteiger partial charge on any atom is 0.220 e. The van der Waals surface area contributed by atoms with Crippen LogP contribution in [-0.2, 0) is 11.2 Å². The highest BCUT2D eigenvalue weighted by atomic mass is 16.5. The van der Waals surface area contributed by atoms with Gasteiger partial charge >= 0.3 is 0 Å². The number of amides is 1. The summed E-state index contributed by atoms with van der Waals surface area (Å²) in [5.74, 6) is 0.773. The molecule has 0 aliphatic carbocycles. The minimum atomic E-state index is -0.0538. The van der Waals surface area contributed by atoms with Gasteiger partial charge in [0.2, 0.25) is 5.91 Å². The van der Waals surface area contributed by atoms with Crippen molar-refractivity contribution < 1.29 is 9.53 Å². The van der Waals surface area contributed by atoms with Gasteiger partial charge in [-0.05, 0) is 41.5 Å². The van der Waals surface area contributed by atoms with Crippen LogP contribution in [0.2, 0.25) is 0 Å². The summed E-state index contributed by atoms with van der Waals surface area (Å²) in [5.41, 5.74) is 4.25. The lowest BCUT2D eigenvalue weighted by molar-refractivity contribution is -0.121. The lowest BCUT2D eigenvalue weighted by Crippen LogP contribution is -2.27. The van der Waals surface area contributed by atoms with Gasteiger partial charge in [-0.15, -0.1) is 0 Å². The summed E-state index contributed by atoms with van der Waals surface area (Å²) < 4.78 is 5.29. The number of nitrogens with one attached hydrogen (secondary N) is 2. The van der Waals surface area contributed by atoms with E-state index in [1.807, 2.05) is 60.8 Å². The fraction of sp³-hybridized carbons (Fsp3) is 0.200. The predicted octanol–water partition coefficient (Wildman–Crippen LogP) is 4.45. The number of ether oxygens (including phenoxy) is 1. The fourth-order valence-corrected chi connectivity index (χ4v) is 3.76. The Morgan fingerprint density at radius 2 is 1.87 bits per heavy atom. The highest BCUT2D eigenvalue weighted by Crippen LogP contribution is 2.34. The van der Waals surface area contributed by atoms with Crippen molar-refractivity contribution in [3.8, 4) is 5.75 Å². The monoisotopic (exact) mass is 399 g/mol. The maximum absolute atomic E-state index is 12.8. The number of aromatic nitrogens is 2. The summed E-state index contributed by atoms with van der Waals surface area (Å²) in [6.07, 6.45) is 4.87. The third kappa shape index (κ3) is 4.51. The molecule has 1 amide bonds. The van der Waals surface area contributed by atoms with Crippen molar-refractivity contribution >= 4 is 16.8 Å². The maximum atomic E-state index is 12.8. The van der Waals surface area contributed by atoms with E-state index in [9.17, 15) is 4.79 Å². The normalized spacial score (nSPS) is 11.9. The van der Waals surface area contributed by atoms with Crippen molar-refractivity contribution in [2.45, 2.75) is 18.8 Å². The summed E-state index contributed by atoms with van der Waals surface area (Å²) in [5, 5.41) is 4.19. The van der Waals surface area contributed by atoms with Crippen LogP contribution in [0.1, 0.15) is 29.2 Å². The van der Waals surface area contributed by atoms with Crippen LogP contribution in [0.25, 0.3) is 10.9 Å². The quantitative estimate of drug-likeness (QED) is 0.460. The number of pyridine rings is 1. The molecular weight excluding hydrogens is 374 g/mol. The van der Waals surface area contributed by atoms with Crippen molar-refractivity contribution in [3.63, 3.8) is 0 Å². The molecule has 2 N–H and O–H groups in total. The van der Waals surface area contributed by atoms with Gasteiger partial charge in [-0.25, -0.2) is 0 Å². The van der Waals surface area contributed by atoms with E-state index in [4.69, 9.17) is 4.74 Å². The lowest BCUT2D eigenvalue weighted by Gasteiger charge is -2.18. The van der Waals surface area contributed by atoms with Gasteiger partial charge in [0.25, 0.3) is 0 Å². The van der Waals surface area contributed by atoms with Crippen molar-refractivity contribution in [2.75, 3.05) is 13.7 Å². The van der Waals surface area contributed by atoms with Crippen LogP contribution in [0.15, 0.2) is 79.1 Å². The first-order valence-electron chi connectivity index (χ1n) is 10.1. The van der Waals surface area contributed by atoms with Crippen LogP contribution in [0.3, 0.4) is 0 Å². The number of H-pyrrole nitrogens is 1. The van der Waals surface area contributed by atoms with Gasteiger partial charge in [0.15, 0.2) is 0 Å². The number of para-hydroxylation sites is 1. The molecule has 5 heteroatoms. The Hall–Kier alpha value is -3.60. The van der Waals surface area contributed by atoms with E-state index in [1.165, 1.54) is 0 Å². The van der Waals surface area contributed by atoms with Crippen LogP contribution in [0.4, 0.5) is 0 Å². The van der Waals surface area contributed by atoms with Crippen LogP contribution in [-0.4, -0.2) is 29.5 Å². The summed E-state index contributed by atoms with van der Waals surface area (Å²) in [6, 6.07) is 22.0.